The number of carbonyl (C=O) groups excluding carboxylic acids is 2. The van der Waals surface area contributed by atoms with Gasteiger partial charge in [-0.3, -0.25) is 0 Å². The fourth-order valence-corrected chi connectivity index (χ4v) is 8.45. The van der Waals surface area contributed by atoms with Crippen molar-refractivity contribution in [1.29, 1.82) is 0 Å². The molecule has 1 N–H and O–H groups in total. The first-order valence-electron chi connectivity index (χ1n) is 28.1. The smallest absolute Gasteiger partial charge is 0.355 e. The van der Waals surface area contributed by atoms with Crippen molar-refractivity contribution in [2.45, 2.75) is 348 Å². The van der Waals surface area contributed by atoms with E-state index in [1.165, 1.54) is 263 Å². The summed E-state index contributed by atoms with van der Waals surface area (Å²) in [5.41, 5.74) is 0. The molecule has 0 rings (SSSR count). The summed E-state index contributed by atoms with van der Waals surface area (Å²) in [5, 5.41) is 9.95. The summed E-state index contributed by atoms with van der Waals surface area (Å²) in [6.45, 7) is 9.08. The molecule has 0 fully saturated rings. The summed E-state index contributed by atoms with van der Waals surface area (Å²) in [6, 6.07) is 0. The van der Waals surface area contributed by atoms with Gasteiger partial charge in [0.25, 0.3) is 0 Å². The minimum Gasteiger partial charge on any atom is -0.393 e. The standard InChI is InChI=1S/C36H70O4.C20H42O/c1-3-5-7-9-11-13-15-17-19-21-23-25-27-29-31-33-35(37)39-40-36(38)34-32-30-28-26-24-22-20-18-16-14-12-10-8-6-4-2;1-3-5-7-9-11-12-13-15-17-19-20(21)18-16-14-10-8-6-4-2/h3-34H2,1-2H3;20-21H,3-19H2,1-2H3. The fourth-order valence-electron chi connectivity index (χ4n) is 8.45. The Morgan fingerprint density at radius 3 is 0.639 bits per heavy atom. The molecule has 0 radical (unpaired) electrons. The van der Waals surface area contributed by atoms with Gasteiger partial charge in [0.2, 0.25) is 0 Å². The normalized spacial score (nSPS) is 11.7. The molecule has 0 heterocycles. The second-order valence-corrected chi connectivity index (χ2v) is 19.1. The molecule has 0 aliphatic heterocycles. The highest BCUT2D eigenvalue weighted by atomic mass is 17.2. The van der Waals surface area contributed by atoms with Gasteiger partial charge in [0.1, 0.15) is 0 Å². The molecule has 0 aromatic rings. The van der Waals surface area contributed by atoms with E-state index in [9.17, 15) is 14.7 Å². The summed E-state index contributed by atoms with van der Waals surface area (Å²) >= 11 is 0. The molecular weight excluding hydrogens is 753 g/mol. The summed E-state index contributed by atoms with van der Waals surface area (Å²) in [5.74, 6) is -0.834. The predicted molar refractivity (Wildman–Crippen MR) is 267 cm³/mol. The molecule has 5 heteroatoms. The van der Waals surface area contributed by atoms with Crippen LogP contribution in [0.25, 0.3) is 0 Å². The van der Waals surface area contributed by atoms with Crippen molar-refractivity contribution >= 4 is 11.9 Å². The van der Waals surface area contributed by atoms with E-state index in [4.69, 9.17) is 9.78 Å². The molecule has 0 aromatic carbocycles. The van der Waals surface area contributed by atoms with Crippen molar-refractivity contribution in [1.82, 2.24) is 0 Å². The van der Waals surface area contributed by atoms with Gasteiger partial charge < -0.3 is 5.11 Å². The molecule has 366 valence electrons. The Hall–Kier alpha value is -1.10. The lowest BCUT2D eigenvalue weighted by molar-refractivity contribution is -0.259. The van der Waals surface area contributed by atoms with Gasteiger partial charge in [0.05, 0.1) is 18.9 Å². The summed E-state index contributed by atoms with van der Waals surface area (Å²) < 4.78 is 0. The van der Waals surface area contributed by atoms with Crippen LogP contribution in [-0.4, -0.2) is 23.1 Å². The molecule has 1 unspecified atom stereocenters. The first-order chi connectivity index (χ1) is 30.0. The third-order valence-corrected chi connectivity index (χ3v) is 12.7. The lowest BCUT2D eigenvalue weighted by Gasteiger charge is -2.10. The van der Waals surface area contributed by atoms with Crippen LogP contribution < -0.4 is 0 Å². The number of carbonyl (C=O) groups is 2. The monoisotopic (exact) mass is 865 g/mol. The van der Waals surface area contributed by atoms with Crippen LogP contribution in [0.1, 0.15) is 342 Å². The molecule has 0 spiro atoms. The Bertz CT molecular complexity index is 769. The molecule has 0 aromatic heterocycles. The zero-order valence-corrected chi connectivity index (χ0v) is 42.3. The second-order valence-electron chi connectivity index (χ2n) is 19.1. The van der Waals surface area contributed by atoms with E-state index >= 15 is 0 Å². The van der Waals surface area contributed by atoms with E-state index in [2.05, 4.69) is 27.7 Å². The van der Waals surface area contributed by atoms with Crippen LogP contribution in [0.3, 0.4) is 0 Å². The Morgan fingerprint density at radius 2 is 0.443 bits per heavy atom. The van der Waals surface area contributed by atoms with Crippen LogP contribution >= 0.6 is 0 Å². The van der Waals surface area contributed by atoms with Gasteiger partial charge in [0, 0.05) is 0 Å². The first kappa shape index (κ1) is 62.0. The average molecular weight is 866 g/mol. The minimum atomic E-state index is -0.417. The molecule has 0 amide bonds. The van der Waals surface area contributed by atoms with Crippen LogP contribution in [0.4, 0.5) is 0 Å². The van der Waals surface area contributed by atoms with E-state index in [0.29, 0.717) is 12.8 Å². The van der Waals surface area contributed by atoms with Crippen molar-refractivity contribution in [3.05, 3.63) is 0 Å². The van der Waals surface area contributed by atoms with Crippen molar-refractivity contribution in [3.8, 4) is 0 Å². The highest BCUT2D eigenvalue weighted by Crippen LogP contribution is 2.17. The van der Waals surface area contributed by atoms with E-state index in [1.807, 2.05) is 0 Å². The van der Waals surface area contributed by atoms with Gasteiger partial charge >= 0.3 is 11.9 Å². The number of aliphatic hydroxyl groups excluding tert-OH is 1. The summed E-state index contributed by atoms with van der Waals surface area (Å²) in [7, 11) is 0. The Balaban J connectivity index is 0. The van der Waals surface area contributed by atoms with Crippen LogP contribution in [-0.2, 0) is 19.4 Å². The summed E-state index contributed by atoms with van der Waals surface area (Å²) in [6.07, 6.45) is 62.0. The van der Waals surface area contributed by atoms with Gasteiger partial charge in [0.15, 0.2) is 0 Å². The molecule has 0 bridgehead atoms. The van der Waals surface area contributed by atoms with Crippen molar-refractivity contribution in [3.63, 3.8) is 0 Å². The number of unbranched alkanes of at least 4 members (excludes halogenated alkanes) is 41. The topological polar surface area (TPSA) is 72.8 Å². The Morgan fingerprint density at radius 1 is 0.279 bits per heavy atom. The lowest BCUT2D eigenvalue weighted by Crippen LogP contribution is -2.11. The van der Waals surface area contributed by atoms with E-state index in [-0.39, 0.29) is 6.10 Å². The van der Waals surface area contributed by atoms with Crippen molar-refractivity contribution in [2.75, 3.05) is 0 Å². The fraction of sp³-hybridized carbons (Fsp3) is 0.964. The van der Waals surface area contributed by atoms with Gasteiger partial charge in [-0.15, -0.1) is 0 Å². The van der Waals surface area contributed by atoms with E-state index < -0.39 is 11.9 Å². The molecule has 61 heavy (non-hydrogen) atoms. The summed E-state index contributed by atoms with van der Waals surface area (Å²) in [4.78, 5) is 33.0. The van der Waals surface area contributed by atoms with Gasteiger partial charge in [-0.05, 0) is 25.7 Å². The zero-order valence-electron chi connectivity index (χ0n) is 42.3. The lowest BCUT2D eigenvalue weighted by atomic mass is 10.0. The molecule has 0 aliphatic rings. The van der Waals surface area contributed by atoms with Gasteiger partial charge in [-0.25, -0.2) is 19.4 Å². The quantitative estimate of drug-likeness (QED) is 0.0375. The first-order valence-corrected chi connectivity index (χ1v) is 28.1. The SMILES string of the molecule is CCCCCCCCCCCC(O)CCCCCCCC.CCCCCCCCCCCCCCCCCC(=O)OOC(=O)CCCCCCCCCCCCCCCCC. The largest absolute Gasteiger partial charge is 0.393 e. The molecule has 1 atom stereocenters. The molecule has 0 aliphatic carbocycles. The Kier molecular flexibility index (Phi) is 57.8. The molecular formula is C56H112O5. The third-order valence-electron chi connectivity index (χ3n) is 12.7. The minimum absolute atomic E-state index is 0.0271. The van der Waals surface area contributed by atoms with E-state index in [0.717, 1.165) is 38.5 Å². The zero-order chi connectivity index (χ0) is 44.8. The van der Waals surface area contributed by atoms with E-state index in [1.54, 1.807) is 0 Å². The highest BCUT2D eigenvalue weighted by Gasteiger charge is 2.10. The average Bonchev–Trinajstić information content (AvgIpc) is 3.26. The van der Waals surface area contributed by atoms with Crippen LogP contribution in [0.2, 0.25) is 0 Å². The van der Waals surface area contributed by atoms with Crippen molar-refractivity contribution in [2.24, 2.45) is 0 Å². The third kappa shape index (κ3) is 58.9. The number of rotatable bonds is 49. The predicted octanol–water partition coefficient (Wildman–Crippen LogP) is 19.5. The van der Waals surface area contributed by atoms with Crippen LogP contribution in [0, 0.1) is 0 Å². The van der Waals surface area contributed by atoms with Crippen LogP contribution in [0.5, 0.6) is 0 Å². The molecule has 5 nitrogen and oxygen atoms in total. The van der Waals surface area contributed by atoms with Crippen LogP contribution in [0.15, 0.2) is 0 Å². The van der Waals surface area contributed by atoms with Gasteiger partial charge in [-0.2, -0.15) is 0 Å². The van der Waals surface area contributed by atoms with Crippen molar-refractivity contribution < 1.29 is 24.5 Å². The maximum absolute atomic E-state index is 11.8. The second kappa shape index (κ2) is 56.9. The molecule has 0 saturated carbocycles. The number of aliphatic hydroxyl groups is 1. The number of hydrogen-bond donors (Lipinski definition) is 1. The molecule has 0 saturated heterocycles. The number of hydrogen-bond acceptors (Lipinski definition) is 5. The highest BCUT2D eigenvalue weighted by molar-refractivity contribution is 5.72. The Labute approximate surface area is 383 Å². The van der Waals surface area contributed by atoms with Gasteiger partial charge in [-0.1, -0.05) is 304 Å². The maximum Gasteiger partial charge on any atom is 0.355 e. The maximum atomic E-state index is 11.8.